The average molecular weight is 302 g/mol. The number of carbonyl (C=O) groups is 1. The summed E-state index contributed by atoms with van der Waals surface area (Å²) in [6.07, 6.45) is 2.19. The van der Waals surface area contributed by atoms with E-state index in [1.165, 1.54) is 11.1 Å². The van der Waals surface area contributed by atoms with Gasteiger partial charge < -0.3 is 5.11 Å². The Balaban J connectivity index is 0.00000242. The van der Waals surface area contributed by atoms with Crippen molar-refractivity contribution in [2.45, 2.75) is 38.5 Å². The van der Waals surface area contributed by atoms with Crippen molar-refractivity contribution in [3.63, 3.8) is 0 Å². The van der Waals surface area contributed by atoms with Crippen LogP contribution in [0.2, 0.25) is 0 Å². The van der Waals surface area contributed by atoms with Crippen LogP contribution in [0.1, 0.15) is 60.0 Å². The number of aromatic carboxylic acids is 1. The zero-order valence-electron chi connectivity index (χ0n) is 13.0. The predicted molar refractivity (Wildman–Crippen MR) is 88.4 cm³/mol. The lowest BCUT2D eigenvalue weighted by molar-refractivity contribution is 0.0697. The molecular weight excluding hydrogens is 279 g/mol. The van der Waals surface area contributed by atoms with E-state index >= 15 is 0 Å². The van der Waals surface area contributed by atoms with Crippen LogP contribution >= 0.6 is 0 Å². The van der Waals surface area contributed by atoms with Crippen molar-refractivity contribution < 1.29 is 14.6 Å². The molecule has 2 unspecified atom stereocenters. The van der Waals surface area contributed by atoms with Crippen molar-refractivity contribution in [2.75, 3.05) is 0 Å². The molecule has 0 amide bonds. The summed E-state index contributed by atoms with van der Waals surface area (Å²) in [6, 6.07) is 17.9. The van der Waals surface area contributed by atoms with Crippen molar-refractivity contribution in [1.29, 1.82) is 0 Å². The first-order valence-electron chi connectivity index (χ1n) is 7.50. The third kappa shape index (κ3) is 4.42. The van der Waals surface area contributed by atoms with E-state index in [4.69, 9.17) is 5.11 Å². The van der Waals surface area contributed by atoms with Crippen molar-refractivity contribution in [3.05, 3.63) is 71.3 Å². The van der Waals surface area contributed by atoms with Gasteiger partial charge in [0, 0.05) is 0 Å². The number of carboxylic acids is 1. The van der Waals surface area contributed by atoms with Gasteiger partial charge in [0.2, 0.25) is 0 Å². The van der Waals surface area contributed by atoms with E-state index in [0.717, 1.165) is 12.8 Å². The monoisotopic (exact) mass is 302 g/mol. The molecule has 0 aliphatic heterocycles. The lowest BCUT2D eigenvalue weighted by Crippen LogP contribution is -2.04. The number of rotatable bonds is 6. The van der Waals surface area contributed by atoms with Gasteiger partial charge in [-0.2, -0.15) is 0 Å². The zero-order chi connectivity index (χ0) is 15.2. The Kier molecular flexibility index (Phi) is 6.77. The Morgan fingerprint density at radius 3 is 2.09 bits per heavy atom. The molecule has 2 aromatic carbocycles. The van der Waals surface area contributed by atoms with Crippen LogP contribution in [0.5, 0.6) is 0 Å². The molecule has 0 saturated carbocycles. The number of hydrogen-bond acceptors (Lipinski definition) is 1. The number of hydrogen-bond donors (Lipinski definition) is 1. The minimum Gasteiger partial charge on any atom is -0.478 e. The summed E-state index contributed by atoms with van der Waals surface area (Å²) in [5, 5.41) is 8.95. The van der Waals surface area contributed by atoms with E-state index in [2.05, 4.69) is 38.1 Å². The number of benzene rings is 2. The molecule has 0 heterocycles. The lowest BCUT2D eigenvalue weighted by Gasteiger charge is -2.20. The average Bonchev–Trinajstić information content (AvgIpc) is 2.53. The fourth-order valence-electron chi connectivity index (χ4n) is 2.78. The normalized spacial score (nSPS) is 13.0. The maximum Gasteiger partial charge on any atom is 0.335 e. The highest BCUT2D eigenvalue weighted by Gasteiger charge is 2.15. The molecule has 118 valence electrons. The molecule has 2 nitrogen and oxygen atoms in total. The Morgan fingerprint density at radius 1 is 1.00 bits per heavy atom. The van der Waals surface area contributed by atoms with Gasteiger partial charge in [-0.3, -0.25) is 4.70 Å². The lowest BCUT2D eigenvalue weighted by atomic mass is 9.84. The Bertz CT molecular complexity index is 578. The molecule has 0 radical (unpaired) electrons. The molecular formula is C19H23FO2. The Morgan fingerprint density at radius 2 is 1.59 bits per heavy atom. The minimum absolute atomic E-state index is 0. The maximum atomic E-state index is 10.9. The van der Waals surface area contributed by atoms with Gasteiger partial charge >= 0.3 is 5.97 Å². The summed E-state index contributed by atoms with van der Waals surface area (Å²) in [5.41, 5.74) is 2.93. The first-order valence-corrected chi connectivity index (χ1v) is 7.50. The third-order valence-electron chi connectivity index (χ3n) is 4.13. The van der Waals surface area contributed by atoms with E-state index in [9.17, 15) is 4.79 Å². The molecule has 2 aromatic rings. The second-order valence-electron chi connectivity index (χ2n) is 5.58. The van der Waals surface area contributed by atoms with Crippen molar-refractivity contribution in [3.8, 4) is 0 Å². The quantitative estimate of drug-likeness (QED) is 0.793. The van der Waals surface area contributed by atoms with Gasteiger partial charge in [0.25, 0.3) is 0 Å². The van der Waals surface area contributed by atoms with Crippen LogP contribution in [0.15, 0.2) is 54.6 Å². The predicted octanol–water partition coefficient (Wildman–Crippen LogP) is 5.22. The highest BCUT2D eigenvalue weighted by molar-refractivity contribution is 5.87. The SMILES string of the molecule is CCC(CC(C)c1ccc(C(=O)O)cc1)c1ccccc1.F. The molecule has 3 heteroatoms. The van der Waals surface area contributed by atoms with Crippen LogP contribution in [0.4, 0.5) is 4.70 Å². The highest BCUT2D eigenvalue weighted by atomic mass is 19.0. The third-order valence-corrected chi connectivity index (χ3v) is 4.13. The van der Waals surface area contributed by atoms with Gasteiger partial charge in [-0.15, -0.1) is 0 Å². The van der Waals surface area contributed by atoms with E-state index in [-0.39, 0.29) is 4.70 Å². The zero-order valence-corrected chi connectivity index (χ0v) is 13.0. The molecule has 1 N–H and O–H groups in total. The summed E-state index contributed by atoms with van der Waals surface area (Å²) in [6.45, 7) is 4.43. The van der Waals surface area contributed by atoms with Gasteiger partial charge in [-0.1, -0.05) is 56.3 Å². The van der Waals surface area contributed by atoms with Gasteiger partial charge in [-0.25, -0.2) is 4.79 Å². The van der Waals surface area contributed by atoms with Gasteiger partial charge in [-0.05, 0) is 47.9 Å². The molecule has 0 fully saturated rings. The molecule has 0 bridgehead atoms. The Hall–Kier alpha value is -2.16. The van der Waals surface area contributed by atoms with Crippen LogP contribution in [-0.4, -0.2) is 11.1 Å². The maximum absolute atomic E-state index is 10.9. The summed E-state index contributed by atoms with van der Waals surface area (Å²) in [4.78, 5) is 10.9. The van der Waals surface area contributed by atoms with E-state index in [1.807, 2.05) is 18.2 Å². The second kappa shape index (κ2) is 8.32. The van der Waals surface area contributed by atoms with Crippen LogP contribution in [0, 0.1) is 0 Å². The van der Waals surface area contributed by atoms with Gasteiger partial charge in [0.1, 0.15) is 0 Å². The van der Waals surface area contributed by atoms with Crippen LogP contribution in [0.25, 0.3) is 0 Å². The summed E-state index contributed by atoms with van der Waals surface area (Å²) >= 11 is 0. The van der Waals surface area contributed by atoms with E-state index in [1.54, 1.807) is 12.1 Å². The molecule has 2 atom stereocenters. The molecule has 0 spiro atoms. The standard InChI is InChI=1S/C19H22O2.FH/c1-3-15(17-7-5-4-6-8-17)13-14(2)16-9-11-18(12-10-16)19(20)21;/h4-12,14-15H,3,13H2,1-2H3,(H,20,21);1H. The first kappa shape index (κ1) is 17.9. The smallest absolute Gasteiger partial charge is 0.335 e. The van der Waals surface area contributed by atoms with Gasteiger partial charge in [0.05, 0.1) is 5.56 Å². The second-order valence-corrected chi connectivity index (χ2v) is 5.58. The van der Waals surface area contributed by atoms with Gasteiger partial charge in [0.15, 0.2) is 0 Å². The van der Waals surface area contributed by atoms with Crippen molar-refractivity contribution in [1.82, 2.24) is 0 Å². The summed E-state index contributed by atoms with van der Waals surface area (Å²) < 4.78 is 0. The largest absolute Gasteiger partial charge is 0.478 e. The number of halogens is 1. The molecule has 0 aliphatic rings. The summed E-state index contributed by atoms with van der Waals surface area (Å²) in [7, 11) is 0. The minimum atomic E-state index is -0.870. The van der Waals surface area contributed by atoms with Crippen LogP contribution in [0.3, 0.4) is 0 Å². The topological polar surface area (TPSA) is 37.3 Å². The Labute approximate surface area is 131 Å². The molecule has 0 aliphatic carbocycles. The van der Waals surface area contributed by atoms with E-state index < -0.39 is 5.97 Å². The summed E-state index contributed by atoms with van der Waals surface area (Å²) in [5.74, 6) is 0.0864. The molecule has 22 heavy (non-hydrogen) atoms. The van der Waals surface area contributed by atoms with Crippen LogP contribution in [-0.2, 0) is 0 Å². The fraction of sp³-hybridized carbons (Fsp3) is 0.316. The molecule has 0 saturated heterocycles. The molecule has 2 rings (SSSR count). The molecule has 0 aromatic heterocycles. The van der Waals surface area contributed by atoms with Crippen molar-refractivity contribution in [2.24, 2.45) is 0 Å². The van der Waals surface area contributed by atoms with Crippen LogP contribution < -0.4 is 0 Å². The van der Waals surface area contributed by atoms with E-state index in [0.29, 0.717) is 17.4 Å². The van der Waals surface area contributed by atoms with Crippen molar-refractivity contribution >= 4 is 5.97 Å². The highest BCUT2D eigenvalue weighted by Crippen LogP contribution is 2.31. The number of carboxylic acid groups (broad SMARTS) is 1. The fourth-order valence-corrected chi connectivity index (χ4v) is 2.78. The first-order chi connectivity index (χ1) is 10.1.